The van der Waals surface area contributed by atoms with Crippen LogP contribution in [0, 0.1) is 11.3 Å². The van der Waals surface area contributed by atoms with Crippen LogP contribution < -0.4 is 10.7 Å². The van der Waals surface area contributed by atoms with Gasteiger partial charge < -0.3 is 14.9 Å². The molecule has 2 aromatic rings. The number of rotatable bonds is 4. The molecule has 22 heavy (non-hydrogen) atoms. The second-order valence-electron chi connectivity index (χ2n) is 4.29. The van der Waals surface area contributed by atoms with E-state index in [1.54, 1.807) is 30.3 Å². The zero-order valence-electron chi connectivity index (χ0n) is 11.3. The van der Waals surface area contributed by atoms with Gasteiger partial charge in [-0.2, -0.15) is 5.26 Å². The van der Waals surface area contributed by atoms with Crippen LogP contribution in [0.4, 0.5) is 0 Å². The number of carbonyl (C=O) groups is 1. The zero-order valence-corrected chi connectivity index (χ0v) is 12.9. The van der Waals surface area contributed by atoms with Crippen LogP contribution in [-0.4, -0.2) is 21.2 Å². The molecular weight excluding hydrogens is 326 g/mol. The molecule has 1 atom stereocenters. The monoisotopic (exact) mass is 334 g/mol. The Morgan fingerprint density at radius 3 is 2.64 bits per heavy atom. The molecular formula is C14H9ClN3O3S-. The molecule has 0 aliphatic heterocycles. The lowest BCUT2D eigenvalue weighted by Gasteiger charge is -2.12. The molecule has 112 valence electrons. The van der Waals surface area contributed by atoms with Gasteiger partial charge in [-0.05, 0) is 19.1 Å². The van der Waals surface area contributed by atoms with Crippen LogP contribution in [0.1, 0.15) is 12.5 Å². The van der Waals surface area contributed by atoms with Gasteiger partial charge in [0.1, 0.15) is 11.6 Å². The van der Waals surface area contributed by atoms with E-state index in [9.17, 15) is 14.7 Å². The number of aromatic nitrogens is 2. The first kappa shape index (κ1) is 16.1. The lowest BCUT2D eigenvalue weighted by molar-refractivity contribution is -0.304. The average Bonchev–Trinajstić information content (AvgIpc) is 2.47. The van der Waals surface area contributed by atoms with Crippen LogP contribution in [-0.2, 0) is 4.79 Å². The number of hydrogen-bond donors (Lipinski definition) is 1. The second-order valence-corrected chi connectivity index (χ2v) is 6.06. The summed E-state index contributed by atoms with van der Waals surface area (Å²) < 4.78 is 0. The maximum atomic E-state index is 12.0. The van der Waals surface area contributed by atoms with Crippen molar-refractivity contribution in [3.05, 3.63) is 45.2 Å². The van der Waals surface area contributed by atoms with Crippen molar-refractivity contribution in [3.8, 4) is 17.3 Å². The normalized spacial score (nSPS) is 11.7. The maximum absolute atomic E-state index is 12.0. The van der Waals surface area contributed by atoms with Crippen molar-refractivity contribution in [2.45, 2.75) is 17.3 Å². The van der Waals surface area contributed by atoms with Crippen molar-refractivity contribution >= 4 is 29.3 Å². The van der Waals surface area contributed by atoms with Crippen molar-refractivity contribution in [3.63, 3.8) is 0 Å². The van der Waals surface area contributed by atoms with Crippen LogP contribution in [0.5, 0.6) is 0 Å². The quantitative estimate of drug-likeness (QED) is 0.664. The summed E-state index contributed by atoms with van der Waals surface area (Å²) >= 11 is 6.64. The minimum atomic E-state index is -1.27. The first-order valence-corrected chi connectivity index (χ1v) is 7.36. The Labute approximate surface area is 134 Å². The Kier molecular flexibility index (Phi) is 4.85. The Morgan fingerprint density at radius 1 is 1.45 bits per heavy atom. The van der Waals surface area contributed by atoms with Crippen LogP contribution >= 0.6 is 23.4 Å². The number of nitrogens with one attached hydrogen (secondary N) is 1. The summed E-state index contributed by atoms with van der Waals surface area (Å²) in [5, 5.41) is 19.6. The summed E-state index contributed by atoms with van der Waals surface area (Å²) in [4.78, 5) is 29.3. The minimum absolute atomic E-state index is 0.102. The number of H-pyrrole nitrogens is 1. The van der Waals surface area contributed by atoms with Crippen molar-refractivity contribution in [2.75, 3.05) is 0 Å². The van der Waals surface area contributed by atoms with Gasteiger partial charge in [0.05, 0.1) is 11.7 Å². The van der Waals surface area contributed by atoms with Crippen LogP contribution in [0.15, 0.2) is 34.2 Å². The molecule has 0 spiro atoms. The molecule has 8 heteroatoms. The molecule has 0 saturated heterocycles. The van der Waals surface area contributed by atoms with E-state index in [0.29, 0.717) is 10.6 Å². The highest BCUT2D eigenvalue weighted by atomic mass is 35.5. The summed E-state index contributed by atoms with van der Waals surface area (Å²) in [6, 6.07) is 8.27. The number of carboxylic acids is 1. The number of aromatic amines is 1. The molecule has 0 aliphatic rings. The molecule has 0 fully saturated rings. The summed E-state index contributed by atoms with van der Waals surface area (Å²) in [5.41, 5.74) is -0.0609. The van der Waals surface area contributed by atoms with Crippen LogP contribution in [0.25, 0.3) is 11.3 Å². The lowest BCUT2D eigenvalue weighted by Crippen LogP contribution is -2.31. The van der Waals surface area contributed by atoms with E-state index < -0.39 is 16.8 Å². The standard InChI is InChI=1S/C14H10ClN3O3S/c1-7(13(20)21)22-14-17-11(10(6-16)12(19)18-14)8-2-4-9(15)5-3-8/h2-5,7H,1H3,(H,20,21)(H,17,18,19)/p-1/t7-/m0/s1. The first-order chi connectivity index (χ1) is 10.4. The maximum Gasteiger partial charge on any atom is 0.270 e. The molecule has 2 rings (SSSR count). The molecule has 0 bridgehead atoms. The first-order valence-electron chi connectivity index (χ1n) is 6.10. The van der Waals surface area contributed by atoms with Crippen molar-refractivity contribution in [1.29, 1.82) is 5.26 Å². The van der Waals surface area contributed by atoms with Gasteiger partial charge in [-0.3, -0.25) is 4.79 Å². The number of hydrogen-bond acceptors (Lipinski definition) is 6. The Bertz CT molecular complexity index is 812. The zero-order chi connectivity index (χ0) is 16.3. The lowest BCUT2D eigenvalue weighted by atomic mass is 10.1. The van der Waals surface area contributed by atoms with Crippen molar-refractivity contribution < 1.29 is 9.90 Å². The number of nitrogens with zero attached hydrogens (tertiary/aromatic N) is 2. The molecule has 1 N–H and O–H groups in total. The highest BCUT2D eigenvalue weighted by Gasteiger charge is 2.15. The van der Waals surface area contributed by atoms with E-state index >= 15 is 0 Å². The molecule has 0 radical (unpaired) electrons. The minimum Gasteiger partial charge on any atom is -0.549 e. The fraction of sp³-hybridized carbons (Fsp3) is 0.143. The van der Waals surface area contributed by atoms with Crippen LogP contribution in [0.3, 0.4) is 0 Å². The van der Waals surface area contributed by atoms with E-state index in [0.717, 1.165) is 11.8 Å². The summed E-state index contributed by atoms with van der Waals surface area (Å²) in [6.07, 6.45) is 0. The molecule has 0 aliphatic carbocycles. The number of halogens is 1. The highest BCUT2D eigenvalue weighted by molar-refractivity contribution is 8.00. The molecule has 0 amide bonds. The van der Waals surface area contributed by atoms with Crippen molar-refractivity contribution in [1.82, 2.24) is 9.97 Å². The number of benzene rings is 1. The molecule has 1 heterocycles. The Balaban J connectivity index is 2.54. The number of carboxylic acid groups (broad SMARTS) is 1. The number of thioether (sulfide) groups is 1. The van der Waals surface area contributed by atoms with Gasteiger partial charge in [0.2, 0.25) is 0 Å². The fourth-order valence-corrected chi connectivity index (χ4v) is 2.50. The topological polar surface area (TPSA) is 110 Å². The summed E-state index contributed by atoms with van der Waals surface area (Å²) in [7, 11) is 0. The summed E-state index contributed by atoms with van der Waals surface area (Å²) in [6.45, 7) is 1.42. The van der Waals surface area contributed by atoms with Crippen LogP contribution in [0.2, 0.25) is 5.02 Å². The van der Waals surface area contributed by atoms with E-state index in [1.165, 1.54) is 6.92 Å². The second kappa shape index (κ2) is 6.64. The molecule has 0 unspecified atom stereocenters. The molecule has 1 aromatic carbocycles. The van der Waals surface area contributed by atoms with E-state index in [1.807, 2.05) is 0 Å². The van der Waals surface area contributed by atoms with Gasteiger partial charge in [0.25, 0.3) is 5.56 Å². The molecule has 6 nitrogen and oxygen atoms in total. The Morgan fingerprint density at radius 2 is 2.09 bits per heavy atom. The SMILES string of the molecule is C[C@H](Sc1nc(-c2ccc(Cl)cc2)c(C#N)c(=O)[nH]1)C(=O)[O-]. The Hall–Kier alpha value is -2.30. The number of aliphatic carboxylic acids is 1. The smallest absolute Gasteiger partial charge is 0.270 e. The van der Waals surface area contributed by atoms with Gasteiger partial charge in [-0.15, -0.1) is 0 Å². The molecule has 1 aromatic heterocycles. The summed E-state index contributed by atoms with van der Waals surface area (Å²) in [5.74, 6) is -1.27. The van der Waals surface area contributed by atoms with Crippen molar-refractivity contribution in [2.24, 2.45) is 0 Å². The molecule has 0 saturated carbocycles. The largest absolute Gasteiger partial charge is 0.549 e. The number of carbonyl (C=O) groups excluding carboxylic acids is 1. The third-order valence-electron chi connectivity index (χ3n) is 2.75. The van der Waals surface area contributed by atoms with E-state index in [2.05, 4.69) is 9.97 Å². The van der Waals surface area contributed by atoms with E-state index in [4.69, 9.17) is 16.9 Å². The van der Waals surface area contributed by atoms with Gasteiger partial charge >= 0.3 is 0 Å². The average molecular weight is 335 g/mol. The predicted molar refractivity (Wildman–Crippen MR) is 80.3 cm³/mol. The van der Waals surface area contributed by atoms with Gasteiger partial charge in [-0.1, -0.05) is 35.5 Å². The van der Waals surface area contributed by atoms with Gasteiger partial charge in [0, 0.05) is 15.8 Å². The fourth-order valence-electron chi connectivity index (χ4n) is 1.64. The van der Waals surface area contributed by atoms with E-state index in [-0.39, 0.29) is 16.4 Å². The third kappa shape index (κ3) is 3.47. The van der Waals surface area contributed by atoms with Gasteiger partial charge in [-0.25, -0.2) is 4.98 Å². The highest BCUT2D eigenvalue weighted by Crippen LogP contribution is 2.25. The van der Waals surface area contributed by atoms with Gasteiger partial charge in [0.15, 0.2) is 5.16 Å². The third-order valence-corrected chi connectivity index (χ3v) is 3.96. The number of nitriles is 1. The predicted octanol–water partition coefficient (Wildman–Crippen LogP) is 1.19.